The largest absolute Gasteiger partial charge is 0.466 e. The van der Waals surface area contributed by atoms with Crippen molar-refractivity contribution in [1.82, 2.24) is 0 Å². The molecule has 0 amide bonds. The highest BCUT2D eigenvalue weighted by Crippen LogP contribution is 2.25. The van der Waals surface area contributed by atoms with E-state index in [-0.39, 0.29) is 25.1 Å². The molecule has 16 heavy (non-hydrogen) atoms. The number of hydrogen-bond acceptors (Lipinski definition) is 6. The molecule has 92 valence electrons. The Kier molecular flexibility index (Phi) is 3.75. The standard InChI is InChI=1S/C10H16O6/c1-2-13-8(12)3-9-15-5-7-10(16-9)6(11)4-14-7/h6-7,9-11H,2-5H2,1H3/t6-,7+,9-,10+/m0/s1. The molecule has 0 saturated carbocycles. The van der Waals surface area contributed by atoms with Gasteiger partial charge in [0.15, 0.2) is 6.29 Å². The Labute approximate surface area is 93.4 Å². The third kappa shape index (κ3) is 2.52. The number of carbonyl (C=O) groups is 1. The first-order valence-electron chi connectivity index (χ1n) is 5.43. The number of carbonyl (C=O) groups excluding carboxylic acids is 1. The molecule has 0 aromatic carbocycles. The zero-order valence-electron chi connectivity index (χ0n) is 9.13. The first-order valence-corrected chi connectivity index (χ1v) is 5.43. The maximum atomic E-state index is 11.2. The van der Waals surface area contributed by atoms with Gasteiger partial charge in [-0.1, -0.05) is 0 Å². The number of esters is 1. The van der Waals surface area contributed by atoms with Gasteiger partial charge >= 0.3 is 5.97 Å². The second-order valence-corrected chi connectivity index (χ2v) is 3.81. The molecule has 4 atom stereocenters. The van der Waals surface area contributed by atoms with Crippen LogP contribution in [0.5, 0.6) is 0 Å². The van der Waals surface area contributed by atoms with Crippen LogP contribution in [0, 0.1) is 0 Å². The molecule has 0 spiro atoms. The molecular formula is C10H16O6. The van der Waals surface area contributed by atoms with Gasteiger partial charge in [0.05, 0.1) is 26.2 Å². The molecule has 0 aliphatic carbocycles. The monoisotopic (exact) mass is 232 g/mol. The molecule has 1 N–H and O–H groups in total. The maximum Gasteiger partial charge on any atom is 0.310 e. The fourth-order valence-corrected chi connectivity index (χ4v) is 1.86. The van der Waals surface area contributed by atoms with Crippen molar-refractivity contribution in [2.24, 2.45) is 0 Å². The minimum Gasteiger partial charge on any atom is -0.466 e. The normalized spacial score (nSPS) is 38.1. The molecule has 2 saturated heterocycles. The van der Waals surface area contributed by atoms with Gasteiger partial charge in [-0.3, -0.25) is 4.79 Å². The van der Waals surface area contributed by atoms with Gasteiger partial charge in [-0.05, 0) is 6.92 Å². The number of aliphatic hydroxyl groups is 1. The summed E-state index contributed by atoms with van der Waals surface area (Å²) in [4.78, 5) is 11.2. The van der Waals surface area contributed by atoms with E-state index in [1.165, 1.54) is 0 Å². The summed E-state index contributed by atoms with van der Waals surface area (Å²) in [7, 11) is 0. The topological polar surface area (TPSA) is 74.2 Å². The lowest BCUT2D eigenvalue weighted by Crippen LogP contribution is -2.46. The average Bonchev–Trinajstić information content (AvgIpc) is 2.61. The highest BCUT2D eigenvalue weighted by Gasteiger charge is 2.43. The van der Waals surface area contributed by atoms with E-state index in [4.69, 9.17) is 18.9 Å². The molecule has 2 aliphatic rings. The van der Waals surface area contributed by atoms with Crippen molar-refractivity contribution in [2.75, 3.05) is 19.8 Å². The number of fused-ring (bicyclic) bond motifs is 1. The molecule has 6 nitrogen and oxygen atoms in total. The van der Waals surface area contributed by atoms with Gasteiger partial charge < -0.3 is 24.1 Å². The molecule has 0 radical (unpaired) electrons. The molecule has 0 aromatic rings. The maximum absolute atomic E-state index is 11.2. The highest BCUT2D eigenvalue weighted by atomic mass is 16.7. The summed E-state index contributed by atoms with van der Waals surface area (Å²) in [6.07, 6.45) is -1.86. The molecular weight excluding hydrogens is 216 g/mol. The van der Waals surface area contributed by atoms with Crippen LogP contribution in [0.15, 0.2) is 0 Å². The molecule has 0 bridgehead atoms. The Bertz CT molecular complexity index is 256. The zero-order chi connectivity index (χ0) is 11.5. The summed E-state index contributed by atoms with van der Waals surface area (Å²) in [6.45, 7) is 2.67. The van der Waals surface area contributed by atoms with E-state index in [9.17, 15) is 9.90 Å². The van der Waals surface area contributed by atoms with E-state index in [1.54, 1.807) is 6.92 Å². The Morgan fingerprint density at radius 1 is 1.44 bits per heavy atom. The van der Waals surface area contributed by atoms with Crippen molar-refractivity contribution in [3.63, 3.8) is 0 Å². The van der Waals surface area contributed by atoms with Crippen molar-refractivity contribution in [1.29, 1.82) is 0 Å². The van der Waals surface area contributed by atoms with Gasteiger partial charge in [-0.25, -0.2) is 0 Å². The summed E-state index contributed by atoms with van der Waals surface area (Å²) in [6, 6.07) is 0. The summed E-state index contributed by atoms with van der Waals surface area (Å²) in [5.41, 5.74) is 0. The SMILES string of the molecule is CCOC(=O)C[C@H]1OC[C@H]2OC[C@H](O)[C@H]2O1. The zero-order valence-corrected chi connectivity index (χ0v) is 9.13. The van der Waals surface area contributed by atoms with E-state index < -0.39 is 18.5 Å². The van der Waals surface area contributed by atoms with Gasteiger partial charge in [0, 0.05) is 0 Å². The minimum atomic E-state index is -0.642. The number of rotatable bonds is 3. The van der Waals surface area contributed by atoms with Crippen molar-refractivity contribution < 1.29 is 28.8 Å². The Morgan fingerprint density at radius 3 is 3.00 bits per heavy atom. The summed E-state index contributed by atoms with van der Waals surface area (Å²) in [5, 5.41) is 9.56. The van der Waals surface area contributed by atoms with Crippen LogP contribution in [0.25, 0.3) is 0 Å². The Balaban J connectivity index is 1.83. The number of hydrogen-bond donors (Lipinski definition) is 1. The van der Waals surface area contributed by atoms with Crippen LogP contribution in [0.3, 0.4) is 0 Å². The first-order chi connectivity index (χ1) is 7.70. The Hall–Kier alpha value is -0.690. The summed E-state index contributed by atoms with van der Waals surface area (Å²) < 4.78 is 20.8. The van der Waals surface area contributed by atoms with Gasteiger partial charge in [-0.2, -0.15) is 0 Å². The van der Waals surface area contributed by atoms with Gasteiger partial charge in [0.25, 0.3) is 0 Å². The van der Waals surface area contributed by atoms with Gasteiger partial charge in [-0.15, -0.1) is 0 Å². The highest BCUT2D eigenvalue weighted by molar-refractivity contribution is 5.69. The van der Waals surface area contributed by atoms with Crippen LogP contribution in [-0.2, 0) is 23.7 Å². The van der Waals surface area contributed by atoms with E-state index in [1.807, 2.05) is 0 Å². The third-order valence-electron chi connectivity index (χ3n) is 2.62. The van der Waals surface area contributed by atoms with E-state index >= 15 is 0 Å². The first kappa shape index (κ1) is 11.8. The molecule has 6 heteroatoms. The second kappa shape index (κ2) is 5.09. The molecule has 0 aromatic heterocycles. The predicted molar refractivity (Wildman–Crippen MR) is 51.6 cm³/mol. The van der Waals surface area contributed by atoms with E-state index in [0.717, 1.165) is 0 Å². The predicted octanol–water partition coefficient (Wildman–Crippen LogP) is -0.559. The summed E-state index contributed by atoms with van der Waals surface area (Å²) in [5.74, 6) is -0.362. The van der Waals surface area contributed by atoms with Crippen molar-refractivity contribution in [3.05, 3.63) is 0 Å². The van der Waals surface area contributed by atoms with Crippen LogP contribution in [0.1, 0.15) is 13.3 Å². The lowest BCUT2D eigenvalue weighted by atomic mass is 10.1. The molecule has 2 heterocycles. The number of ether oxygens (including phenoxy) is 4. The molecule has 0 unspecified atom stereocenters. The molecule has 2 rings (SSSR count). The van der Waals surface area contributed by atoms with E-state index in [2.05, 4.69) is 0 Å². The van der Waals surface area contributed by atoms with Crippen molar-refractivity contribution in [2.45, 2.75) is 37.9 Å². The van der Waals surface area contributed by atoms with Crippen LogP contribution < -0.4 is 0 Å². The molecule has 2 fully saturated rings. The van der Waals surface area contributed by atoms with Crippen LogP contribution in [0.2, 0.25) is 0 Å². The van der Waals surface area contributed by atoms with Crippen LogP contribution in [-0.4, -0.2) is 55.5 Å². The number of aliphatic hydroxyl groups excluding tert-OH is 1. The average molecular weight is 232 g/mol. The minimum absolute atomic E-state index is 0.0454. The van der Waals surface area contributed by atoms with Crippen LogP contribution >= 0.6 is 0 Å². The second-order valence-electron chi connectivity index (χ2n) is 3.81. The van der Waals surface area contributed by atoms with Crippen LogP contribution in [0.4, 0.5) is 0 Å². The van der Waals surface area contributed by atoms with Crippen molar-refractivity contribution >= 4 is 5.97 Å². The quantitative estimate of drug-likeness (QED) is 0.657. The third-order valence-corrected chi connectivity index (χ3v) is 2.62. The summed E-state index contributed by atoms with van der Waals surface area (Å²) >= 11 is 0. The fraction of sp³-hybridized carbons (Fsp3) is 0.900. The fourth-order valence-electron chi connectivity index (χ4n) is 1.86. The van der Waals surface area contributed by atoms with E-state index in [0.29, 0.717) is 13.2 Å². The lowest BCUT2D eigenvalue weighted by molar-refractivity contribution is -0.250. The van der Waals surface area contributed by atoms with Gasteiger partial charge in [0.2, 0.25) is 0 Å². The lowest BCUT2D eigenvalue weighted by Gasteiger charge is -2.32. The van der Waals surface area contributed by atoms with Gasteiger partial charge in [0.1, 0.15) is 18.3 Å². The van der Waals surface area contributed by atoms with Crippen molar-refractivity contribution in [3.8, 4) is 0 Å². The molecule has 2 aliphatic heterocycles. The smallest absolute Gasteiger partial charge is 0.310 e. The Morgan fingerprint density at radius 2 is 2.25 bits per heavy atom.